The summed E-state index contributed by atoms with van der Waals surface area (Å²) < 4.78 is 0.674. The first kappa shape index (κ1) is 16.3. The van der Waals surface area contributed by atoms with E-state index in [-0.39, 0.29) is 11.5 Å². The van der Waals surface area contributed by atoms with Gasteiger partial charge in [0, 0.05) is 9.72 Å². The molecule has 0 aromatic heterocycles. The van der Waals surface area contributed by atoms with Gasteiger partial charge in [-0.25, -0.2) is 4.79 Å². The molecule has 1 aliphatic heterocycles. The Bertz CT molecular complexity index is 533. The highest BCUT2D eigenvalue weighted by atomic mass is 79.9. The number of thioether (sulfide) groups is 1. The summed E-state index contributed by atoms with van der Waals surface area (Å²) in [6.45, 7) is 2.01. The van der Waals surface area contributed by atoms with Crippen molar-refractivity contribution in [1.29, 1.82) is 0 Å². The second kappa shape index (κ2) is 7.82. The molecule has 1 heterocycles. The number of hydrogen-bond donors (Lipinski definition) is 3. The monoisotopic (exact) mass is 372 g/mol. The Morgan fingerprint density at radius 3 is 2.76 bits per heavy atom. The van der Waals surface area contributed by atoms with E-state index in [2.05, 4.69) is 26.6 Å². The highest BCUT2D eigenvalue weighted by Gasteiger charge is 2.16. The van der Waals surface area contributed by atoms with Crippen molar-refractivity contribution in [3.63, 3.8) is 0 Å². The van der Waals surface area contributed by atoms with E-state index in [1.54, 1.807) is 17.8 Å². The van der Waals surface area contributed by atoms with Gasteiger partial charge >= 0.3 is 5.97 Å². The lowest BCUT2D eigenvalue weighted by Gasteiger charge is -2.21. The SMILES string of the molecule is O=C(CSC1CCNCC1)Nc1cc(C(=O)O)ccc1Br. The van der Waals surface area contributed by atoms with Gasteiger partial charge in [0.2, 0.25) is 5.91 Å². The summed E-state index contributed by atoms with van der Waals surface area (Å²) >= 11 is 4.97. The number of piperidine rings is 1. The van der Waals surface area contributed by atoms with Crippen LogP contribution in [0, 0.1) is 0 Å². The summed E-state index contributed by atoms with van der Waals surface area (Å²) in [7, 11) is 0. The molecule has 7 heteroatoms. The summed E-state index contributed by atoms with van der Waals surface area (Å²) in [5.74, 6) is -0.738. The zero-order chi connectivity index (χ0) is 15.2. The number of hydrogen-bond acceptors (Lipinski definition) is 4. The molecule has 2 rings (SSSR count). The van der Waals surface area contributed by atoms with Crippen LogP contribution >= 0.6 is 27.7 Å². The van der Waals surface area contributed by atoms with Crippen LogP contribution in [0.15, 0.2) is 22.7 Å². The van der Waals surface area contributed by atoms with Crippen LogP contribution in [0.5, 0.6) is 0 Å². The molecular formula is C14H17BrN2O3S. The largest absolute Gasteiger partial charge is 0.478 e. The molecule has 1 fully saturated rings. The molecule has 0 unspecified atom stereocenters. The second-order valence-corrected chi connectivity index (χ2v) is 6.95. The lowest BCUT2D eigenvalue weighted by molar-refractivity contribution is -0.113. The van der Waals surface area contributed by atoms with Crippen LogP contribution in [0.4, 0.5) is 5.69 Å². The van der Waals surface area contributed by atoms with E-state index in [4.69, 9.17) is 5.11 Å². The fourth-order valence-electron chi connectivity index (χ4n) is 2.10. The molecule has 0 saturated carbocycles. The minimum atomic E-state index is -1.01. The van der Waals surface area contributed by atoms with Gasteiger partial charge in [0.1, 0.15) is 0 Å². The number of nitrogens with one attached hydrogen (secondary N) is 2. The van der Waals surface area contributed by atoms with Gasteiger partial charge in [-0.1, -0.05) is 0 Å². The summed E-state index contributed by atoms with van der Waals surface area (Å²) in [4.78, 5) is 22.9. The number of anilines is 1. The maximum atomic E-state index is 12.0. The average Bonchev–Trinajstić information content (AvgIpc) is 2.48. The van der Waals surface area contributed by atoms with E-state index >= 15 is 0 Å². The number of rotatable bonds is 5. The van der Waals surface area contributed by atoms with Gasteiger partial charge < -0.3 is 15.7 Å². The molecular weight excluding hydrogens is 356 g/mol. The minimum absolute atomic E-state index is 0.109. The highest BCUT2D eigenvalue weighted by molar-refractivity contribution is 9.10. The molecule has 21 heavy (non-hydrogen) atoms. The fraction of sp³-hybridized carbons (Fsp3) is 0.429. The molecule has 0 atom stereocenters. The number of halogens is 1. The number of aromatic carboxylic acids is 1. The van der Waals surface area contributed by atoms with Crippen molar-refractivity contribution in [2.75, 3.05) is 24.2 Å². The molecule has 5 nitrogen and oxygen atoms in total. The van der Waals surface area contributed by atoms with Crippen molar-refractivity contribution in [1.82, 2.24) is 5.32 Å². The van der Waals surface area contributed by atoms with Gasteiger partial charge in [-0.3, -0.25) is 4.79 Å². The summed E-state index contributed by atoms with van der Waals surface area (Å²) in [5, 5.41) is 15.5. The zero-order valence-electron chi connectivity index (χ0n) is 11.4. The third-order valence-electron chi connectivity index (χ3n) is 3.22. The zero-order valence-corrected chi connectivity index (χ0v) is 13.8. The Kier molecular flexibility index (Phi) is 6.08. The standard InChI is InChI=1S/C14H17BrN2O3S/c15-11-2-1-9(14(19)20)7-12(11)17-13(18)8-21-10-3-5-16-6-4-10/h1-2,7,10,16H,3-6,8H2,(H,17,18)(H,19,20). The van der Waals surface area contributed by atoms with E-state index in [0.717, 1.165) is 25.9 Å². The van der Waals surface area contributed by atoms with Gasteiger partial charge in [0.15, 0.2) is 0 Å². The number of amides is 1. The van der Waals surface area contributed by atoms with E-state index < -0.39 is 5.97 Å². The number of carbonyl (C=O) groups excluding carboxylic acids is 1. The molecule has 114 valence electrons. The van der Waals surface area contributed by atoms with E-state index in [1.807, 2.05) is 0 Å². The van der Waals surface area contributed by atoms with Crippen LogP contribution in [-0.4, -0.2) is 41.1 Å². The van der Waals surface area contributed by atoms with E-state index in [0.29, 0.717) is 21.2 Å². The third kappa shape index (κ3) is 5.01. The normalized spacial score (nSPS) is 15.7. The van der Waals surface area contributed by atoms with Crippen molar-refractivity contribution in [3.8, 4) is 0 Å². The summed E-state index contributed by atoms with van der Waals surface area (Å²) in [5.41, 5.74) is 0.644. The van der Waals surface area contributed by atoms with Gasteiger partial charge in [-0.05, 0) is 60.1 Å². The van der Waals surface area contributed by atoms with Gasteiger partial charge in [-0.2, -0.15) is 0 Å². The minimum Gasteiger partial charge on any atom is -0.478 e. The number of benzene rings is 1. The molecule has 3 N–H and O–H groups in total. The van der Waals surface area contributed by atoms with Crippen LogP contribution in [-0.2, 0) is 4.79 Å². The lowest BCUT2D eigenvalue weighted by atomic mass is 10.2. The Morgan fingerprint density at radius 2 is 2.10 bits per heavy atom. The maximum absolute atomic E-state index is 12.0. The van der Waals surface area contributed by atoms with Crippen LogP contribution in [0.2, 0.25) is 0 Å². The molecule has 1 aromatic carbocycles. The average molecular weight is 373 g/mol. The molecule has 0 aliphatic carbocycles. The van der Waals surface area contributed by atoms with Crippen molar-refractivity contribution < 1.29 is 14.7 Å². The molecule has 1 aliphatic rings. The maximum Gasteiger partial charge on any atom is 0.335 e. The number of carbonyl (C=O) groups is 2. The van der Waals surface area contributed by atoms with Crippen LogP contribution in [0.25, 0.3) is 0 Å². The Hall–Kier alpha value is -1.05. The molecule has 1 amide bonds. The number of carboxylic acid groups (broad SMARTS) is 1. The van der Waals surface area contributed by atoms with Crippen molar-refractivity contribution >= 4 is 45.3 Å². The topological polar surface area (TPSA) is 78.4 Å². The lowest BCUT2D eigenvalue weighted by Crippen LogP contribution is -2.30. The van der Waals surface area contributed by atoms with Gasteiger partial charge in [0.05, 0.1) is 17.0 Å². The van der Waals surface area contributed by atoms with Crippen LogP contribution < -0.4 is 10.6 Å². The first-order chi connectivity index (χ1) is 10.1. The first-order valence-corrected chi connectivity index (χ1v) is 8.55. The Labute approximate surface area is 136 Å². The molecule has 0 bridgehead atoms. The van der Waals surface area contributed by atoms with Gasteiger partial charge in [-0.15, -0.1) is 11.8 Å². The summed E-state index contributed by atoms with van der Waals surface area (Å²) in [6, 6.07) is 4.57. The van der Waals surface area contributed by atoms with Crippen molar-refractivity contribution in [2.24, 2.45) is 0 Å². The van der Waals surface area contributed by atoms with Crippen molar-refractivity contribution in [3.05, 3.63) is 28.2 Å². The third-order valence-corrected chi connectivity index (χ3v) is 5.29. The second-order valence-electron chi connectivity index (χ2n) is 4.81. The molecule has 0 radical (unpaired) electrons. The highest BCUT2D eigenvalue weighted by Crippen LogP contribution is 2.25. The Morgan fingerprint density at radius 1 is 1.38 bits per heavy atom. The quantitative estimate of drug-likeness (QED) is 0.740. The van der Waals surface area contributed by atoms with Crippen LogP contribution in [0.3, 0.4) is 0 Å². The summed E-state index contributed by atoms with van der Waals surface area (Å²) in [6.07, 6.45) is 2.16. The predicted molar refractivity (Wildman–Crippen MR) is 88.1 cm³/mol. The molecule has 0 spiro atoms. The molecule has 1 saturated heterocycles. The van der Waals surface area contributed by atoms with Gasteiger partial charge in [0.25, 0.3) is 0 Å². The molecule has 1 aromatic rings. The van der Waals surface area contributed by atoms with Crippen molar-refractivity contribution in [2.45, 2.75) is 18.1 Å². The van der Waals surface area contributed by atoms with Crippen LogP contribution in [0.1, 0.15) is 23.2 Å². The fourth-order valence-corrected chi connectivity index (χ4v) is 3.47. The predicted octanol–water partition coefficient (Wildman–Crippen LogP) is 2.57. The van der Waals surface area contributed by atoms with E-state index in [9.17, 15) is 9.59 Å². The Balaban J connectivity index is 1.89. The smallest absolute Gasteiger partial charge is 0.335 e. The first-order valence-electron chi connectivity index (χ1n) is 6.71. The van der Waals surface area contributed by atoms with E-state index in [1.165, 1.54) is 12.1 Å². The number of carboxylic acids is 1.